The lowest BCUT2D eigenvalue weighted by Crippen LogP contribution is -2.29. The summed E-state index contributed by atoms with van der Waals surface area (Å²) in [6, 6.07) is 3.53. The fourth-order valence-electron chi connectivity index (χ4n) is 4.53. The lowest BCUT2D eigenvalue weighted by Gasteiger charge is -2.20. The van der Waals surface area contributed by atoms with Crippen molar-refractivity contribution in [1.82, 2.24) is 5.32 Å². The first kappa shape index (κ1) is 20.3. The van der Waals surface area contributed by atoms with Crippen LogP contribution >= 0.6 is 0 Å². The standard InChI is InChI=1S/C21H29NO6/c1-25-17-8-14(9-18(26-2)21(17)27-3)11-22-19(23)12-28-20(24)10-16-7-13-4-5-15(16)6-13/h8-9,13,15-16H,4-7,10-12H2,1-3H3,(H,22,23)/t13-,15+,16-/m0/s1. The van der Waals surface area contributed by atoms with Gasteiger partial charge in [0.2, 0.25) is 5.75 Å². The molecular weight excluding hydrogens is 362 g/mol. The van der Waals surface area contributed by atoms with Gasteiger partial charge in [0.05, 0.1) is 21.3 Å². The van der Waals surface area contributed by atoms with Crippen LogP contribution in [0.4, 0.5) is 0 Å². The second-order valence-corrected chi connectivity index (χ2v) is 7.61. The van der Waals surface area contributed by atoms with E-state index in [1.807, 2.05) is 0 Å². The highest BCUT2D eigenvalue weighted by Crippen LogP contribution is 2.49. The third kappa shape index (κ3) is 4.69. The number of amides is 1. The number of fused-ring (bicyclic) bond motifs is 2. The zero-order chi connectivity index (χ0) is 20.1. The van der Waals surface area contributed by atoms with Gasteiger partial charge in [0, 0.05) is 13.0 Å². The van der Waals surface area contributed by atoms with Crippen molar-refractivity contribution in [1.29, 1.82) is 0 Å². The molecule has 2 aliphatic rings. The Labute approximate surface area is 165 Å². The minimum atomic E-state index is -0.338. The molecule has 7 nitrogen and oxygen atoms in total. The summed E-state index contributed by atoms with van der Waals surface area (Å²) in [7, 11) is 4.61. The number of carbonyl (C=O) groups is 2. The smallest absolute Gasteiger partial charge is 0.306 e. The number of benzene rings is 1. The van der Waals surface area contributed by atoms with Crippen molar-refractivity contribution in [3.05, 3.63) is 17.7 Å². The summed E-state index contributed by atoms with van der Waals surface area (Å²) in [5, 5.41) is 2.75. The molecule has 2 bridgehead atoms. The third-order valence-electron chi connectivity index (χ3n) is 5.89. The van der Waals surface area contributed by atoms with Gasteiger partial charge in [-0.1, -0.05) is 6.42 Å². The minimum Gasteiger partial charge on any atom is -0.493 e. The first-order valence-electron chi connectivity index (χ1n) is 9.75. The molecule has 0 aromatic heterocycles. The Morgan fingerprint density at radius 1 is 1.04 bits per heavy atom. The number of rotatable bonds is 9. The average molecular weight is 391 g/mol. The molecule has 1 N–H and O–H groups in total. The summed E-state index contributed by atoms with van der Waals surface area (Å²) in [5.41, 5.74) is 0.788. The molecule has 1 aromatic rings. The van der Waals surface area contributed by atoms with E-state index in [4.69, 9.17) is 18.9 Å². The SMILES string of the molecule is COc1cc(CNC(=O)COC(=O)C[C@@H]2C[C@H]3CC[C@@H]2C3)cc(OC)c1OC. The van der Waals surface area contributed by atoms with Gasteiger partial charge < -0.3 is 24.3 Å². The number of carbonyl (C=O) groups excluding carboxylic acids is 2. The molecule has 154 valence electrons. The van der Waals surface area contributed by atoms with Gasteiger partial charge in [-0.3, -0.25) is 9.59 Å². The second kappa shape index (κ2) is 9.17. The largest absolute Gasteiger partial charge is 0.493 e. The number of methoxy groups -OCH3 is 3. The Hall–Kier alpha value is -2.44. The summed E-state index contributed by atoms with van der Waals surface area (Å²) in [6.07, 6.45) is 5.36. The van der Waals surface area contributed by atoms with Crippen LogP contribution in [0.1, 0.15) is 37.7 Å². The molecule has 28 heavy (non-hydrogen) atoms. The molecule has 0 radical (unpaired) electrons. The Morgan fingerprint density at radius 2 is 1.75 bits per heavy atom. The monoisotopic (exact) mass is 391 g/mol. The van der Waals surface area contributed by atoms with Crippen LogP contribution in [0.15, 0.2) is 12.1 Å². The summed E-state index contributed by atoms with van der Waals surface area (Å²) in [5.74, 6) is 2.82. The zero-order valence-corrected chi connectivity index (χ0v) is 16.8. The predicted octanol–water partition coefficient (Wildman–Crippen LogP) is 2.70. The molecule has 3 rings (SSSR count). The quantitative estimate of drug-likeness (QED) is 0.652. The summed E-state index contributed by atoms with van der Waals surface area (Å²) >= 11 is 0. The summed E-state index contributed by atoms with van der Waals surface area (Å²) in [4.78, 5) is 24.1. The lowest BCUT2D eigenvalue weighted by atomic mass is 9.86. The van der Waals surface area contributed by atoms with Crippen molar-refractivity contribution in [2.75, 3.05) is 27.9 Å². The van der Waals surface area contributed by atoms with Crippen LogP contribution < -0.4 is 19.5 Å². The Kier molecular flexibility index (Phi) is 6.65. The highest BCUT2D eigenvalue weighted by atomic mass is 16.5. The van der Waals surface area contributed by atoms with Crippen LogP contribution in [0.2, 0.25) is 0 Å². The highest BCUT2D eigenvalue weighted by Gasteiger charge is 2.40. The van der Waals surface area contributed by atoms with E-state index < -0.39 is 0 Å². The molecule has 0 spiro atoms. The van der Waals surface area contributed by atoms with E-state index in [1.54, 1.807) is 12.1 Å². The van der Waals surface area contributed by atoms with E-state index in [2.05, 4.69) is 5.32 Å². The second-order valence-electron chi connectivity index (χ2n) is 7.61. The molecule has 0 saturated heterocycles. The van der Waals surface area contributed by atoms with Crippen LogP contribution in [-0.2, 0) is 20.9 Å². The molecule has 7 heteroatoms. The van der Waals surface area contributed by atoms with Gasteiger partial charge in [0.25, 0.3) is 5.91 Å². The van der Waals surface area contributed by atoms with Gasteiger partial charge in [-0.2, -0.15) is 0 Å². The minimum absolute atomic E-state index is 0.260. The molecule has 1 amide bonds. The fourth-order valence-corrected chi connectivity index (χ4v) is 4.53. The molecule has 0 aliphatic heterocycles. The summed E-state index contributed by atoms with van der Waals surface area (Å²) < 4.78 is 21.1. The molecule has 2 saturated carbocycles. The Bertz CT molecular complexity index is 694. The molecule has 0 heterocycles. The molecule has 1 aromatic carbocycles. The van der Waals surface area contributed by atoms with E-state index in [1.165, 1.54) is 40.6 Å². The maximum Gasteiger partial charge on any atom is 0.306 e. The topological polar surface area (TPSA) is 83.1 Å². The van der Waals surface area contributed by atoms with Crippen molar-refractivity contribution in [3.63, 3.8) is 0 Å². The van der Waals surface area contributed by atoms with Crippen molar-refractivity contribution < 1.29 is 28.5 Å². The van der Waals surface area contributed by atoms with Gasteiger partial charge in [-0.05, 0) is 54.7 Å². The van der Waals surface area contributed by atoms with Gasteiger partial charge in [0.15, 0.2) is 18.1 Å². The lowest BCUT2D eigenvalue weighted by molar-refractivity contribution is -0.149. The number of ether oxygens (including phenoxy) is 4. The average Bonchev–Trinajstić information content (AvgIpc) is 3.32. The molecule has 2 fully saturated rings. The molecular formula is C21H29NO6. The zero-order valence-electron chi connectivity index (χ0n) is 16.8. The maximum atomic E-state index is 12.0. The van der Waals surface area contributed by atoms with Crippen molar-refractivity contribution in [3.8, 4) is 17.2 Å². The van der Waals surface area contributed by atoms with Crippen LogP contribution in [0.3, 0.4) is 0 Å². The van der Waals surface area contributed by atoms with E-state index >= 15 is 0 Å². The predicted molar refractivity (Wildman–Crippen MR) is 102 cm³/mol. The van der Waals surface area contributed by atoms with Crippen molar-refractivity contribution in [2.45, 2.75) is 38.6 Å². The maximum absolute atomic E-state index is 12.0. The number of nitrogens with one attached hydrogen (secondary N) is 1. The van der Waals surface area contributed by atoms with Gasteiger partial charge >= 0.3 is 5.97 Å². The third-order valence-corrected chi connectivity index (χ3v) is 5.89. The van der Waals surface area contributed by atoms with Crippen LogP contribution in [-0.4, -0.2) is 39.8 Å². The van der Waals surface area contributed by atoms with Gasteiger partial charge in [-0.25, -0.2) is 0 Å². The Balaban J connectivity index is 1.44. The van der Waals surface area contributed by atoms with E-state index in [0.717, 1.165) is 17.9 Å². The molecule has 0 unspecified atom stereocenters. The normalized spacial score (nSPS) is 22.6. The van der Waals surface area contributed by atoms with Crippen LogP contribution in [0.25, 0.3) is 0 Å². The first-order chi connectivity index (χ1) is 13.5. The number of hydrogen-bond acceptors (Lipinski definition) is 6. The van der Waals surface area contributed by atoms with Crippen LogP contribution in [0, 0.1) is 17.8 Å². The van der Waals surface area contributed by atoms with E-state index in [0.29, 0.717) is 35.5 Å². The summed E-state index contributed by atoms with van der Waals surface area (Å²) in [6.45, 7) is 0.00352. The van der Waals surface area contributed by atoms with Crippen LogP contribution in [0.5, 0.6) is 17.2 Å². The molecule has 3 atom stereocenters. The van der Waals surface area contributed by atoms with Gasteiger partial charge in [-0.15, -0.1) is 0 Å². The first-order valence-corrected chi connectivity index (χ1v) is 9.75. The van der Waals surface area contributed by atoms with Crippen molar-refractivity contribution in [2.24, 2.45) is 17.8 Å². The number of hydrogen-bond donors (Lipinski definition) is 1. The Morgan fingerprint density at radius 3 is 2.29 bits per heavy atom. The fraction of sp³-hybridized carbons (Fsp3) is 0.619. The number of esters is 1. The molecule has 2 aliphatic carbocycles. The highest BCUT2D eigenvalue weighted by molar-refractivity contribution is 5.80. The van der Waals surface area contributed by atoms with E-state index in [9.17, 15) is 9.59 Å². The van der Waals surface area contributed by atoms with Gasteiger partial charge in [0.1, 0.15) is 0 Å². The van der Waals surface area contributed by atoms with Crippen molar-refractivity contribution >= 4 is 11.9 Å². The van der Waals surface area contributed by atoms with E-state index in [-0.39, 0.29) is 25.0 Å².